The molecule has 3 heterocycles. The number of nitrogens with zero attached hydrogens (tertiary/aromatic N) is 4. The number of methoxy groups -OCH3 is 1. The van der Waals surface area contributed by atoms with Crippen molar-refractivity contribution < 1.29 is 14.3 Å². The Kier molecular flexibility index (Phi) is 8.28. The van der Waals surface area contributed by atoms with Crippen LogP contribution in [0.4, 0.5) is 5.69 Å². The number of rotatable bonds is 9. The molecule has 0 aliphatic carbocycles. The van der Waals surface area contributed by atoms with Gasteiger partial charge in [-0.3, -0.25) is 4.79 Å². The van der Waals surface area contributed by atoms with Gasteiger partial charge in [0.05, 0.1) is 12.8 Å². The van der Waals surface area contributed by atoms with Gasteiger partial charge in [-0.2, -0.15) is 0 Å². The van der Waals surface area contributed by atoms with E-state index in [1.165, 1.54) is 0 Å². The number of benzene rings is 3. The van der Waals surface area contributed by atoms with E-state index < -0.39 is 0 Å². The molecule has 1 aliphatic rings. The van der Waals surface area contributed by atoms with Crippen molar-refractivity contribution in [2.75, 3.05) is 38.2 Å². The van der Waals surface area contributed by atoms with Gasteiger partial charge in [0.2, 0.25) is 5.91 Å². The Balaban J connectivity index is 1.24. The van der Waals surface area contributed by atoms with E-state index in [0.29, 0.717) is 36.9 Å². The van der Waals surface area contributed by atoms with E-state index in [9.17, 15) is 4.79 Å². The number of pyridine rings is 1. The van der Waals surface area contributed by atoms with Gasteiger partial charge in [-0.1, -0.05) is 60.1 Å². The molecule has 0 N–H and O–H groups in total. The highest BCUT2D eigenvalue weighted by Crippen LogP contribution is 2.33. The Bertz CT molecular complexity index is 1660. The minimum atomic E-state index is -0.224. The number of ether oxygens (including phenoxy) is 2. The lowest BCUT2D eigenvalue weighted by Crippen LogP contribution is -2.49. The van der Waals surface area contributed by atoms with E-state index in [0.717, 1.165) is 47.0 Å². The van der Waals surface area contributed by atoms with E-state index in [2.05, 4.69) is 11.0 Å². The normalized spacial score (nSPS) is 14.1. The Morgan fingerprint density at radius 3 is 2.52 bits per heavy atom. The van der Waals surface area contributed by atoms with Crippen LogP contribution in [0.5, 0.6) is 11.5 Å². The van der Waals surface area contributed by atoms with Crippen LogP contribution in [0.15, 0.2) is 103 Å². The van der Waals surface area contributed by atoms with Gasteiger partial charge in [0.1, 0.15) is 12.4 Å². The summed E-state index contributed by atoms with van der Waals surface area (Å²) in [5.74, 6) is 1.33. The van der Waals surface area contributed by atoms with Crippen LogP contribution >= 0.6 is 11.6 Å². The molecule has 1 amide bonds. The number of halogens is 1. The summed E-state index contributed by atoms with van der Waals surface area (Å²) < 4.78 is 13.7. The van der Waals surface area contributed by atoms with E-state index in [4.69, 9.17) is 26.1 Å². The average molecular weight is 581 g/mol. The smallest absolute Gasteiger partial charge is 0.223 e. The largest absolute Gasteiger partial charge is 0.497 e. The SMILES string of the molecule is COc1cccc(C(CC(=O)N2CCN(c3cccc(Cl)c3)CC2)c2cnc3c(OCc4ccccc4)cccn23)c1. The highest BCUT2D eigenvalue weighted by Gasteiger charge is 2.28. The molecule has 0 saturated carbocycles. The summed E-state index contributed by atoms with van der Waals surface area (Å²) in [6, 6.07) is 29.8. The van der Waals surface area contributed by atoms with Crippen molar-refractivity contribution in [3.8, 4) is 11.5 Å². The lowest BCUT2D eigenvalue weighted by atomic mass is 9.91. The summed E-state index contributed by atoms with van der Waals surface area (Å²) >= 11 is 6.21. The first-order valence-electron chi connectivity index (χ1n) is 14.1. The molecule has 1 saturated heterocycles. The maximum atomic E-state index is 13.8. The first-order chi connectivity index (χ1) is 20.6. The summed E-state index contributed by atoms with van der Waals surface area (Å²) in [5, 5.41) is 0.716. The number of fused-ring (bicyclic) bond motifs is 1. The fourth-order valence-corrected chi connectivity index (χ4v) is 5.74. The number of hydrogen-bond acceptors (Lipinski definition) is 5. The van der Waals surface area contributed by atoms with E-state index >= 15 is 0 Å². The second-order valence-electron chi connectivity index (χ2n) is 10.4. The molecule has 1 atom stereocenters. The molecule has 2 aromatic heterocycles. The standard InChI is InChI=1S/C34H33ClN4O3/c1-41-29-13-5-10-26(20-29)30(22-33(40)38-18-16-37(17-19-38)28-12-6-11-27(35)21-28)31-23-36-34-32(14-7-15-39(31)34)42-24-25-8-3-2-4-9-25/h2-15,20-21,23,30H,16-19,22,24H2,1H3. The maximum Gasteiger partial charge on any atom is 0.223 e. The quantitative estimate of drug-likeness (QED) is 0.201. The highest BCUT2D eigenvalue weighted by molar-refractivity contribution is 6.30. The van der Waals surface area contributed by atoms with Crippen molar-refractivity contribution in [3.63, 3.8) is 0 Å². The predicted octanol–water partition coefficient (Wildman–Crippen LogP) is 6.45. The molecule has 0 radical (unpaired) electrons. The average Bonchev–Trinajstić information content (AvgIpc) is 3.47. The Morgan fingerprint density at radius 1 is 0.929 bits per heavy atom. The Morgan fingerprint density at radius 2 is 1.74 bits per heavy atom. The van der Waals surface area contributed by atoms with Crippen LogP contribution in [0.3, 0.4) is 0 Å². The van der Waals surface area contributed by atoms with Crippen molar-refractivity contribution in [2.24, 2.45) is 0 Å². The van der Waals surface area contributed by atoms with Gasteiger partial charge in [-0.25, -0.2) is 4.98 Å². The maximum absolute atomic E-state index is 13.8. The molecule has 1 unspecified atom stereocenters. The predicted molar refractivity (Wildman–Crippen MR) is 166 cm³/mol. The van der Waals surface area contributed by atoms with Crippen LogP contribution in [0.25, 0.3) is 5.65 Å². The van der Waals surface area contributed by atoms with Gasteiger partial charge >= 0.3 is 0 Å². The zero-order chi connectivity index (χ0) is 28.9. The Hall–Kier alpha value is -4.49. The fourth-order valence-electron chi connectivity index (χ4n) is 5.55. The first-order valence-corrected chi connectivity index (χ1v) is 14.5. The molecule has 42 heavy (non-hydrogen) atoms. The molecular weight excluding hydrogens is 548 g/mol. The minimum absolute atomic E-state index is 0.111. The molecule has 0 spiro atoms. The van der Waals surface area contributed by atoms with Gasteiger partial charge in [0, 0.05) is 61.6 Å². The van der Waals surface area contributed by atoms with Gasteiger partial charge in [0.25, 0.3) is 0 Å². The molecule has 6 rings (SSSR count). The van der Waals surface area contributed by atoms with Crippen molar-refractivity contribution in [2.45, 2.75) is 18.9 Å². The number of amides is 1. The molecule has 7 nitrogen and oxygen atoms in total. The van der Waals surface area contributed by atoms with Crippen LogP contribution in [0, 0.1) is 0 Å². The number of carbonyl (C=O) groups is 1. The molecule has 3 aromatic carbocycles. The van der Waals surface area contributed by atoms with Crippen molar-refractivity contribution >= 4 is 28.8 Å². The van der Waals surface area contributed by atoms with Crippen molar-refractivity contribution in [1.82, 2.24) is 14.3 Å². The van der Waals surface area contributed by atoms with Crippen LogP contribution in [-0.4, -0.2) is 53.5 Å². The summed E-state index contributed by atoms with van der Waals surface area (Å²) in [4.78, 5) is 22.8. The fraction of sp³-hybridized carbons (Fsp3) is 0.235. The summed E-state index contributed by atoms with van der Waals surface area (Å²) in [5.41, 5.74) is 4.81. The molecule has 5 aromatic rings. The summed E-state index contributed by atoms with van der Waals surface area (Å²) in [6.07, 6.45) is 4.15. The van der Waals surface area contributed by atoms with Gasteiger partial charge in [-0.15, -0.1) is 0 Å². The molecule has 0 bridgehead atoms. The van der Waals surface area contributed by atoms with Crippen LogP contribution in [0.2, 0.25) is 5.02 Å². The minimum Gasteiger partial charge on any atom is -0.497 e. The summed E-state index contributed by atoms with van der Waals surface area (Å²) in [6.45, 7) is 3.27. The first kappa shape index (κ1) is 27.7. The van der Waals surface area contributed by atoms with Gasteiger partial charge in [0.15, 0.2) is 11.4 Å². The zero-order valence-electron chi connectivity index (χ0n) is 23.5. The highest BCUT2D eigenvalue weighted by atomic mass is 35.5. The third-order valence-electron chi connectivity index (χ3n) is 7.80. The zero-order valence-corrected chi connectivity index (χ0v) is 24.3. The number of hydrogen-bond donors (Lipinski definition) is 0. The lowest BCUT2D eigenvalue weighted by Gasteiger charge is -2.36. The topological polar surface area (TPSA) is 59.3 Å². The molecule has 8 heteroatoms. The van der Waals surface area contributed by atoms with Gasteiger partial charge < -0.3 is 23.7 Å². The Labute approximate surface area is 250 Å². The second kappa shape index (κ2) is 12.6. The van der Waals surface area contributed by atoms with Crippen LogP contribution < -0.4 is 14.4 Å². The molecule has 1 fully saturated rings. The molecule has 214 valence electrons. The van der Waals surface area contributed by atoms with E-state index in [1.54, 1.807) is 7.11 Å². The third kappa shape index (κ3) is 6.06. The second-order valence-corrected chi connectivity index (χ2v) is 10.8. The molecular formula is C34H33ClN4O3. The number of aromatic nitrogens is 2. The lowest BCUT2D eigenvalue weighted by molar-refractivity contribution is -0.131. The monoisotopic (exact) mass is 580 g/mol. The summed E-state index contributed by atoms with van der Waals surface area (Å²) in [7, 11) is 1.66. The molecule has 1 aliphatic heterocycles. The van der Waals surface area contributed by atoms with Gasteiger partial charge in [-0.05, 0) is 53.6 Å². The number of imidazole rings is 1. The van der Waals surface area contributed by atoms with E-state index in [1.807, 2.05) is 107 Å². The third-order valence-corrected chi connectivity index (χ3v) is 8.04. The number of piperazine rings is 1. The van der Waals surface area contributed by atoms with Crippen molar-refractivity contribution in [1.29, 1.82) is 0 Å². The van der Waals surface area contributed by atoms with E-state index in [-0.39, 0.29) is 11.8 Å². The number of carbonyl (C=O) groups excluding carboxylic acids is 1. The number of anilines is 1. The van der Waals surface area contributed by atoms with Crippen LogP contribution in [0.1, 0.15) is 29.2 Å². The van der Waals surface area contributed by atoms with Crippen LogP contribution in [-0.2, 0) is 11.4 Å². The van der Waals surface area contributed by atoms with Crippen molar-refractivity contribution in [3.05, 3.63) is 125 Å².